The molecule has 0 saturated carbocycles. The van der Waals surface area contributed by atoms with Crippen LogP contribution in [0.5, 0.6) is 23.0 Å². The molecule has 4 nitrogen and oxygen atoms in total. The van der Waals surface area contributed by atoms with Crippen LogP contribution in [0.4, 0.5) is 0 Å². The van der Waals surface area contributed by atoms with Crippen molar-refractivity contribution in [1.82, 2.24) is 0 Å². The quantitative estimate of drug-likeness (QED) is 0.143. The molecular formula is C34H31O4Se+. The van der Waals surface area contributed by atoms with E-state index < -0.39 is 13.9 Å². The first-order valence-corrected chi connectivity index (χ1v) is 15.5. The Morgan fingerprint density at radius 2 is 0.718 bits per heavy atom. The molecule has 196 valence electrons. The Bertz CT molecular complexity index is 1320. The zero-order valence-corrected chi connectivity index (χ0v) is 23.4. The van der Waals surface area contributed by atoms with Crippen molar-refractivity contribution >= 4 is 27.3 Å². The van der Waals surface area contributed by atoms with Crippen LogP contribution in [0, 0.1) is 0 Å². The molecule has 5 aromatic rings. The average Bonchev–Trinajstić information content (AvgIpc) is 3.01. The van der Waals surface area contributed by atoms with Crippen LogP contribution in [0.2, 0.25) is 0 Å². The Morgan fingerprint density at radius 3 is 1.18 bits per heavy atom. The van der Waals surface area contributed by atoms with Gasteiger partial charge >= 0.3 is 235 Å². The van der Waals surface area contributed by atoms with E-state index in [2.05, 4.69) is 66.7 Å². The second-order valence-electron chi connectivity index (χ2n) is 8.53. The second kappa shape index (κ2) is 14.1. The average molecular weight is 583 g/mol. The first-order valence-electron chi connectivity index (χ1n) is 13.0. The maximum absolute atomic E-state index is 6.32. The summed E-state index contributed by atoms with van der Waals surface area (Å²) in [5, 5.41) is 0. The van der Waals surface area contributed by atoms with E-state index in [0.29, 0.717) is 26.4 Å². The van der Waals surface area contributed by atoms with Crippen molar-refractivity contribution in [3.05, 3.63) is 140 Å². The van der Waals surface area contributed by atoms with E-state index in [1.807, 2.05) is 72.8 Å². The summed E-state index contributed by atoms with van der Waals surface area (Å²) >= 11 is -1.76. The molecule has 5 aromatic carbocycles. The molecule has 0 bridgehead atoms. The van der Waals surface area contributed by atoms with Gasteiger partial charge in [0.1, 0.15) is 0 Å². The summed E-state index contributed by atoms with van der Waals surface area (Å²) in [5.74, 6) is 3.44. The standard InChI is InChI=1S/C34H31O4Se/c1-4-14-28(15-5-1)35-24-26-37-31-20-10-12-22-33(31)39(30-18-8-3-9-19-30)34-23-13-11-21-32(34)38-27-25-36-29-16-6-2-7-17-29/h1-23H,24-27H2/q+1. The summed E-state index contributed by atoms with van der Waals surface area (Å²) < 4.78 is 28.0. The maximum atomic E-state index is 6.32. The molecule has 0 spiro atoms. The molecule has 0 fully saturated rings. The van der Waals surface area contributed by atoms with Crippen LogP contribution >= 0.6 is 0 Å². The number of para-hydroxylation sites is 4. The van der Waals surface area contributed by atoms with Crippen molar-refractivity contribution in [2.24, 2.45) is 0 Å². The SMILES string of the molecule is c1ccc(OCCOc2ccccc2[Se+](c2ccccc2)c2ccccc2OCCOc2ccccc2)cc1. The molecule has 0 atom stereocenters. The first kappa shape index (κ1) is 26.4. The normalized spacial score (nSPS) is 10.7. The molecular weight excluding hydrogens is 551 g/mol. The number of ether oxygens (including phenoxy) is 4. The third-order valence-corrected chi connectivity index (χ3v) is 10.6. The molecule has 5 heteroatoms. The molecule has 0 heterocycles. The van der Waals surface area contributed by atoms with E-state index in [4.69, 9.17) is 18.9 Å². The van der Waals surface area contributed by atoms with Gasteiger partial charge < -0.3 is 0 Å². The predicted molar refractivity (Wildman–Crippen MR) is 159 cm³/mol. The van der Waals surface area contributed by atoms with Gasteiger partial charge in [-0.25, -0.2) is 0 Å². The fraction of sp³-hybridized carbons (Fsp3) is 0.118. The molecule has 0 unspecified atom stereocenters. The summed E-state index contributed by atoms with van der Waals surface area (Å²) in [6, 6.07) is 47.0. The van der Waals surface area contributed by atoms with E-state index in [0.717, 1.165) is 23.0 Å². The van der Waals surface area contributed by atoms with Crippen molar-refractivity contribution in [2.45, 2.75) is 0 Å². The summed E-state index contributed by atoms with van der Waals surface area (Å²) in [6.45, 7) is 1.84. The van der Waals surface area contributed by atoms with E-state index >= 15 is 0 Å². The van der Waals surface area contributed by atoms with E-state index in [9.17, 15) is 0 Å². The van der Waals surface area contributed by atoms with Crippen molar-refractivity contribution in [3.63, 3.8) is 0 Å². The summed E-state index contributed by atoms with van der Waals surface area (Å²) in [4.78, 5) is 0. The van der Waals surface area contributed by atoms with Gasteiger partial charge in [0.25, 0.3) is 0 Å². The fourth-order valence-corrected chi connectivity index (χ4v) is 8.80. The second-order valence-corrected chi connectivity index (χ2v) is 12.7. The number of rotatable bonds is 13. The molecule has 0 aromatic heterocycles. The Labute approximate surface area is 234 Å². The van der Waals surface area contributed by atoms with Gasteiger partial charge in [-0.2, -0.15) is 0 Å². The van der Waals surface area contributed by atoms with Crippen LogP contribution in [-0.2, 0) is 0 Å². The predicted octanol–water partition coefficient (Wildman–Crippen LogP) is 5.12. The number of hydrogen-bond acceptors (Lipinski definition) is 4. The monoisotopic (exact) mass is 583 g/mol. The van der Waals surface area contributed by atoms with Crippen molar-refractivity contribution in [2.75, 3.05) is 26.4 Å². The van der Waals surface area contributed by atoms with E-state index in [1.54, 1.807) is 0 Å². The Balaban J connectivity index is 1.35. The van der Waals surface area contributed by atoms with Crippen LogP contribution in [0.25, 0.3) is 0 Å². The van der Waals surface area contributed by atoms with Crippen molar-refractivity contribution in [3.8, 4) is 23.0 Å². The molecule has 0 radical (unpaired) electrons. The van der Waals surface area contributed by atoms with Gasteiger partial charge in [0.15, 0.2) is 0 Å². The Morgan fingerprint density at radius 1 is 0.359 bits per heavy atom. The number of benzene rings is 5. The van der Waals surface area contributed by atoms with Gasteiger partial charge in [0.2, 0.25) is 0 Å². The molecule has 5 rings (SSSR count). The van der Waals surface area contributed by atoms with Crippen molar-refractivity contribution in [1.29, 1.82) is 0 Å². The zero-order valence-electron chi connectivity index (χ0n) is 21.6. The van der Waals surface area contributed by atoms with Gasteiger partial charge in [-0.1, -0.05) is 0 Å². The molecule has 0 saturated heterocycles. The Hall–Kier alpha value is -4.18. The van der Waals surface area contributed by atoms with Gasteiger partial charge in [-0.3, -0.25) is 0 Å². The molecule has 0 aliphatic carbocycles. The zero-order chi connectivity index (χ0) is 26.5. The Kier molecular flexibility index (Phi) is 9.56. The van der Waals surface area contributed by atoms with Gasteiger partial charge in [0, 0.05) is 0 Å². The minimum atomic E-state index is -1.76. The van der Waals surface area contributed by atoms with Gasteiger partial charge in [-0.15, -0.1) is 0 Å². The van der Waals surface area contributed by atoms with Gasteiger partial charge in [0.05, 0.1) is 0 Å². The van der Waals surface area contributed by atoms with E-state index in [-0.39, 0.29) is 0 Å². The summed E-state index contributed by atoms with van der Waals surface area (Å²) in [6.07, 6.45) is 0. The summed E-state index contributed by atoms with van der Waals surface area (Å²) in [7, 11) is 0. The topological polar surface area (TPSA) is 36.9 Å². The van der Waals surface area contributed by atoms with Crippen LogP contribution in [0.3, 0.4) is 0 Å². The van der Waals surface area contributed by atoms with Crippen LogP contribution in [-0.4, -0.2) is 40.3 Å². The molecule has 0 amide bonds. The molecule has 0 aliphatic rings. The third-order valence-electron chi connectivity index (χ3n) is 5.82. The summed E-state index contributed by atoms with van der Waals surface area (Å²) in [5.41, 5.74) is 0. The first-order chi connectivity index (χ1) is 19.4. The van der Waals surface area contributed by atoms with Crippen LogP contribution < -0.4 is 32.3 Å². The van der Waals surface area contributed by atoms with E-state index in [1.165, 1.54) is 13.4 Å². The van der Waals surface area contributed by atoms with Gasteiger partial charge in [-0.05, 0) is 0 Å². The van der Waals surface area contributed by atoms with Crippen LogP contribution in [0.15, 0.2) is 140 Å². The minimum absolute atomic E-state index is 0.453. The fourth-order valence-electron chi connectivity index (χ4n) is 4.06. The number of hydrogen-bond donors (Lipinski definition) is 0. The molecule has 0 aliphatic heterocycles. The molecule has 39 heavy (non-hydrogen) atoms. The third kappa shape index (κ3) is 7.44. The van der Waals surface area contributed by atoms with Crippen LogP contribution in [0.1, 0.15) is 0 Å². The molecule has 0 N–H and O–H groups in total. The van der Waals surface area contributed by atoms with Crippen molar-refractivity contribution < 1.29 is 18.9 Å².